The van der Waals surface area contributed by atoms with Crippen molar-refractivity contribution in [3.63, 3.8) is 0 Å². The Morgan fingerprint density at radius 2 is 1.83 bits per heavy atom. The number of carbonyl (C=O) groups is 2. The van der Waals surface area contributed by atoms with Crippen LogP contribution in [0.5, 0.6) is 5.75 Å². The molecule has 0 heterocycles. The molecule has 0 aliphatic carbocycles. The minimum atomic E-state index is -0.854. The molecular formula is C17H26N2O4. The highest BCUT2D eigenvalue weighted by molar-refractivity contribution is 5.82. The van der Waals surface area contributed by atoms with Crippen LogP contribution in [0.1, 0.15) is 26.3 Å². The summed E-state index contributed by atoms with van der Waals surface area (Å²) in [5.74, 6) is 0.280. The topological polar surface area (TPSA) is 67.9 Å². The van der Waals surface area contributed by atoms with Crippen LogP contribution in [0.25, 0.3) is 0 Å². The van der Waals surface area contributed by atoms with Gasteiger partial charge in [0.1, 0.15) is 11.3 Å². The normalized spacial score (nSPS) is 11.2. The molecule has 1 aromatic carbocycles. The molecule has 0 radical (unpaired) electrons. The molecule has 23 heavy (non-hydrogen) atoms. The van der Waals surface area contributed by atoms with E-state index < -0.39 is 5.54 Å². The number of carbonyl (C=O) groups excluding carboxylic acids is 2. The average Bonchev–Trinajstić information content (AvgIpc) is 2.53. The molecule has 0 fully saturated rings. The molecule has 128 valence electrons. The lowest BCUT2D eigenvalue weighted by Gasteiger charge is -2.32. The summed E-state index contributed by atoms with van der Waals surface area (Å²) in [6.07, 6.45) is 0. The van der Waals surface area contributed by atoms with Gasteiger partial charge in [-0.15, -0.1) is 0 Å². The van der Waals surface area contributed by atoms with E-state index in [0.717, 1.165) is 11.3 Å². The molecule has 1 amide bonds. The number of rotatable bonds is 8. The van der Waals surface area contributed by atoms with Crippen LogP contribution in [-0.4, -0.2) is 49.6 Å². The van der Waals surface area contributed by atoms with Crippen LogP contribution >= 0.6 is 0 Å². The van der Waals surface area contributed by atoms with Crippen molar-refractivity contribution < 1.29 is 19.1 Å². The number of nitrogens with one attached hydrogen (secondary N) is 1. The Morgan fingerprint density at radius 3 is 2.35 bits per heavy atom. The van der Waals surface area contributed by atoms with Crippen molar-refractivity contribution in [3.05, 3.63) is 29.8 Å². The van der Waals surface area contributed by atoms with Gasteiger partial charge in [0, 0.05) is 6.54 Å². The van der Waals surface area contributed by atoms with Gasteiger partial charge in [0.15, 0.2) is 0 Å². The van der Waals surface area contributed by atoms with E-state index in [0.29, 0.717) is 13.2 Å². The summed E-state index contributed by atoms with van der Waals surface area (Å²) >= 11 is 0. The fraction of sp³-hybridized carbons (Fsp3) is 0.529. The maximum atomic E-state index is 12.0. The number of esters is 1. The van der Waals surface area contributed by atoms with Gasteiger partial charge in [-0.3, -0.25) is 14.5 Å². The lowest BCUT2D eigenvalue weighted by Crippen LogP contribution is -2.52. The van der Waals surface area contributed by atoms with Crippen LogP contribution in [-0.2, 0) is 20.9 Å². The van der Waals surface area contributed by atoms with Crippen LogP contribution in [0.2, 0.25) is 0 Å². The van der Waals surface area contributed by atoms with Crippen molar-refractivity contribution in [3.8, 4) is 5.75 Å². The predicted molar refractivity (Wildman–Crippen MR) is 88.2 cm³/mol. The van der Waals surface area contributed by atoms with E-state index >= 15 is 0 Å². The van der Waals surface area contributed by atoms with Crippen molar-refractivity contribution >= 4 is 11.9 Å². The Morgan fingerprint density at radius 1 is 1.22 bits per heavy atom. The molecule has 0 spiro atoms. The van der Waals surface area contributed by atoms with Crippen LogP contribution in [0.15, 0.2) is 24.3 Å². The monoisotopic (exact) mass is 322 g/mol. The van der Waals surface area contributed by atoms with Gasteiger partial charge in [0.2, 0.25) is 5.91 Å². The first-order valence-corrected chi connectivity index (χ1v) is 7.59. The van der Waals surface area contributed by atoms with E-state index in [-0.39, 0.29) is 18.4 Å². The second-order valence-corrected chi connectivity index (χ2v) is 5.76. The summed E-state index contributed by atoms with van der Waals surface area (Å²) < 4.78 is 10.1. The Balaban J connectivity index is 2.50. The number of methoxy groups -OCH3 is 1. The molecule has 6 heteroatoms. The molecule has 1 rings (SSSR count). The molecule has 0 saturated carbocycles. The molecule has 6 nitrogen and oxygen atoms in total. The van der Waals surface area contributed by atoms with Gasteiger partial charge in [0.25, 0.3) is 0 Å². The Labute approximate surface area is 137 Å². The van der Waals surface area contributed by atoms with E-state index in [1.165, 1.54) is 0 Å². The Bertz CT molecular complexity index is 526. The first-order chi connectivity index (χ1) is 10.8. The third-order valence-electron chi connectivity index (χ3n) is 3.76. The smallest absolute Gasteiger partial charge is 0.325 e. The summed E-state index contributed by atoms with van der Waals surface area (Å²) in [6, 6.07) is 7.48. The molecule has 0 atom stereocenters. The van der Waals surface area contributed by atoms with Gasteiger partial charge in [-0.2, -0.15) is 0 Å². The zero-order valence-electron chi connectivity index (χ0n) is 14.5. The molecule has 0 unspecified atom stereocenters. The molecule has 1 N–H and O–H groups in total. The standard InChI is InChI=1S/C17H26N2O4/c1-6-23-16(21)17(2,3)19(4)12-15(20)18-11-13-7-9-14(22-5)10-8-13/h7-10H,6,11-12H2,1-5H3,(H,18,20). The van der Waals surface area contributed by atoms with E-state index in [1.807, 2.05) is 24.3 Å². The zero-order chi connectivity index (χ0) is 17.5. The highest BCUT2D eigenvalue weighted by Crippen LogP contribution is 2.14. The van der Waals surface area contributed by atoms with Crippen molar-refractivity contribution in [2.45, 2.75) is 32.9 Å². The maximum absolute atomic E-state index is 12.0. The number of amides is 1. The lowest BCUT2D eigenvalue weighted by molar-refractivity contribution is -0.155. The number of likely N-dealkylation sites (N-methyl/N-ethyl adjacent to an activating group) is 1. The molecule has 0 aliphatic rings. The van der Waals surface area contributed by atoms with E-state index in [9.17, 15) is 9.59 Å². The van der Waals surface area contributed by atoms with E-state index in [1.54, 1.807) is 39.8 Å². The Hall–Kier alpha value is -2.08. The minimum Gasteiger partial charge on any atom is -0.497 e. The van der Waals surface area contributed by atoms with Crippen LogP contribution in [0, 0.1) is 0 Å². The minimum absolute atomic E-state index is 0.113. The SMILES string of the molecule is CCOC(=O)C(C)(C)N(C)CC(=O)NCc1ccc(OC)cc1. The largest absolute Gasteiger partial charge is 0.497 e. The summed E-state index contributed by atoms with van der Waals surface area (Å²) in [5, 5.41) is 2.84. The lowest BCUT2D eigenvalue weighted by atomic mass is 10.0. The third-order valence-corrected chi connectivity index (χ3v) is 3.76. The fourth-order valence-corrected chi connectivity index (χ4v) is 1.88. The number of benzene rings is 1. The summed E-state index contributed by atoms with van der Waals surface area (Å²) in [7, 11) is 3.34. The second kappa shape index (κ2) is 8.53. The zero-order valence-corrected chi connectivity index (χ0v) is 14.5. The average molecular weight is 322 g/mol. The summed E-state index contributed by atoms with van der Waals surface area (Å²) in [4.78, 5) is 25.6. The van der Waals surface area contributed by atoms with Gasteiger partial charge in [-0.05, 0) is 45.5 Å². The van der Waals surface area contributed by atoms with Crippen molar-refractivity contribution in [1.82, 2.24) is 10.2 Å². The van der Waals surface area contributed by atoms with Crippen molar-refractivity contribution in [1.29, 1.82) is 0 Å². The third kappa shape index (κ3) is 5.56. The first kappa shape index (κ1) is 19.0. The number of hydrogen-bond acceptors (Lipinski definition) is 5. The Kier molecular flexibility index (Phi) is 7.03. The molecule has 0 aliphatic heterocycles. The van der Waals surface area contributed by atoms with Crippen molar-refractivity contribution in [2.75, 3.05) is 27.3 Å². The van der Waals surface area contributed by atoms with Gasteiger partial charge in [0.05, 0.1) is 20.3 Å². The van der Waals surface area contributed by atoms with E-state index in [4.69, 9.17) is 9.47 Å². The highest BCUT2D eigenvalue weighted by atomic mass is 16.5. The molecule has 0 saturated heterocycles. The molecule has 0 bridgehead atoms. The maximum Gasteiger partial charge on any atom is 0.325 e. The number of hydrogen-bond donors (Lipinski definition) is 1. The highest BCUT2D eigenvalue weighted by Gasteiger charge is 2.34. The van der Waals surface area contributed by atoms with E-state index in [2.05, 4.69) is 5.32 Å². The summed E-state index contributed by atoms with van der Waals surface area (Å²) in [6.45, 7) is 6.09. The quantitative estimate of drug-likeness (QED) is 0.736. The van der Waals surface area contributed by atoms with Crippen LogP contribution in [0.3, 0.4) is 0 Å². The van der Waals surface area contributed by atoms with Gasteiger partial charge >= 0.3 is 5.97 Å². The predicted octanol–water partition coefficient (Wildman–Crippen LogP) is 1.58. The number of nitrogens with zero attached hydrogens (tertiary/aromatic N) is 1. The van der Waals surface area contributed by atoms with Crippen LogP contribution in [0.4, 0.5) is 0 Å². The first-order valence-electron chi connectivity index (χ1n) is 7.59. The summed E-state index contributed by atoms with van der Waals surface area (Å²) in [5.41, 5.74) is 0.124. The molecule has 1 aromatic rings. The van der Waals surface area contributed by atoms with Crippen molar-refractivity contribution in [2.24, 2.45) is 0 Å². The second-order valence-electron chi connectivity index (χ2n) is 5.76. The van der Waals surface area contributed by atoms with Gasteiger partial charge in [-0.1, -0.05) is 12.1 Å². The van der Waals surface area contributed by atoms with Crippen LogP contribution < -0.4 is 10.1 Å². The number of ether oxygens (including phenoxy) is 2. The fourth-order valence-electron chi connectivity index (χ4n) is 1.88. The molecular weight excluding hydrogens is 296 g/mol. The van der Waals surface area contributed by atoms with Gasteiger partial charge in [-0.25, -0.2) is 0 Å². The van der Waals surface area contributed by atoms with Gasteiger partial charge < -0.3 is 14.8 Å². The molecule has 0 aromatic heterocycles.